The van der Waals surface area contributed by atoms with Gasteiger partial charge in [0.2, 0.25) is 0 Å². The third-order valence-electron chi connectivity index (χ3n) is 4.79. The Balaban J connectivity index is 1.51. The highest BCUT2D eigenvalue weighted by atomic mass is 16.5. The van der Waals surface area contributed by atoms with Gasteiger partial charge in [-0.15, -0.1) is 0 Å². The Kier molecular flexibility index (Phi) is 6.25. The molecule has 1 aromatic heterocycles. The summed E-state index contributed by atoms with van der Waals surface area (Å²) in [6.07, 6.45) is 3.83. The van der Waals surface area contributed by atoms with Crippen molar-refractivity contribution < 1.29 is 13.9 Å². The fourth-order valence-corrected chi connectivity index (χ4v) is 3.17. The van der Waals surface area contributed by atoms with Crippen LogP contribution < -0.4 is 10.6 Å². The highest BCUT2D eigenvalue weighted by Gasteiger charge is 2.19. The van der Waals surface area contributed by atoms with Gasteiger partial charge in [0.05, 0.1) is 12.8 Å². The highest BCUT2D eigenvalue weighted by Crippen LogP contribution is 2.19. The summed E-state index contributed by atoms with van der Waals surface area (Å²) in [4.78, 5) is 12.3. The molecule has 1 atom stereocenters. The van der Waals surface area contributed by atoms with Crippen molar-refractivity contribution in [1.29, 1.82) is 0 Å². The van der Waals surface area contributed by atoms with Crippen molar-refractivity contribution >= 4 is 5.91 Å². The Morgan fingerprint density at radius 1 is 1.20 bits per heavy atom. The summed E-state index contributed by atoms with van der Waals surface area (Å²) in [5, 5.41) is 6.47. The van der Waals surface area contributed by atoms with Crippen LogP contribution in [0, 0.1) is 5.92 Å². The first-order valence-corrected chi connectivity index (χ1v) is 8.93. The SMILES string of the molecule is C[C@@H](NCc1cccc(C(=O)NCc2ccco2)c1)C1CCOCC1. The van der Waals surface area contributed by atoms with E-state index in [0.717, 1.165) is 43.9 Å². The number of rotatable bonds is 7. The Morgan fingerprint density at radius 3 is 2.80 bits per heavy atom. The fraction of sp³-hybridized carbons (Fsp3) is 0.450. The molecule has 1 fully saturated rings. The van der Waals surface area contributed by atoms with Gasteiger partial charge in [0.15, 0.2) is 0 Å². The van der Waals surface area contributed by atoms with Crippen molar-refractivity contribution in [2.75, 3.05) is 13.2 Å². The van der Waals surface area contributed by atoms with E-state index in [9.17, 15) is 4.79 Å². The molecule has 2 N–H and O–H groups in total. The molecule has 1 amide bonds. The second-order valence-electron chi connectivity index (χ2n) is 6.58. The number of nitrogens with one attached hydrogen (secondary N) is 2. The molecule has 1 aliphatic rings. The third kappa shape index (κ3) is 5.18. The summed E-state index contributed by atoms with van der Waals surface area (Å²) in [5.41, 5.74) is 1.79. The minimum Gasteiger partial charge on any atom is -0.467 e. The first-order chi connectivity index (χ1) is 12.2. The molecule has 3 rings (SSSR count). The summed E-state index contributed by atoms with van der Waals surface area (Å²) in [6.45, 7) is 5.12. The number of hydrogen-bond acceptors (Lipinski definition) is 4. The van der Waals surface area contributed by atoms with Gasteiger partial charge in [0, 0.05) is 31.4 Å². The zero-order valence-electron chi connectivity index (χ0n) is 14.7. The lowest BCUT2D eigenvalue weighted by Crippen LogP contribution is -2.36. The maximum absolute atomic E-state index is 12.3. The van der Waals surface area contributed by atoms with Gasteiger partial charge in [-0.1, -0.05) is 12.1 Å². The van der Waals surface area contributed by atoms with Gasteiger partial charge in [-0.05, 0) is 55.5 Å². The number of carbonyl (C=O) groups excluding carboxylic acids is 1. The van der Waals surface area contributed by atoms with Gasteiger partial charge in [-0.3, -0.25) is 4.79 Å². The minimum absolute atomic E-state index is 0.0873. The molecule has 0 spiro atoms. The van der Waals surface area contributed by atoms with Crippen LogP contribution in [-0.4, -0.2) is 25.2 Å². The van der Waals surface area contributed by atoms with Crippen molar-refractivity contribution in [2.45, 2.75) is 38.9 Å². The second-order valence-corrected chi connectivity index (χ2v) is 6.58. The van der Waals surface area contributed by atoms with Crippen LogP contribution in [0.5, 0.6) is 0 Å². The number of ether oxygens (including phenoxy) is 1. The first kappa shape index (κ1) is 17.7. The average Bonchev–Trinajstić information content (AvgIpc) is 3.19. The van der Waals surface area contributed by atoms with Crippen LogP contribution in [0.1, 0.15) is 41.4 Å². The topological polar surface area (TPSA) is 63.5 Å². The van der Waals surface area contributed by atoms with Gasteiger partial charge in [-0.2, -0.15) is 0 Å². The molecule has 1 saturated heterocycles. The summed E-state index contributed by atoms with van der Waals surface area (Å²) < 4.78 is 10.7. The molecule has 2 heterocycles. The molecule has 5 nitrogen and oxygen atoms in total. The molecular weight excluding hydrogens is 316 g/mol. The Morgan fingerprint density at radius 2 is 2.04 bits per heavy atom. The third-order valence-corrected chi connectivity index (χ3v) is 4.79. The number of furan rings is 1. The normalized spacial score (nSPS) is 16.5. The maximum atomic E-state index is 12.3. The van der Waals surface area contributed by atoms with E-state index in [4.69, 9.17) is 9.15 Å². The highest BCUT2D eigenvalue weighted by molar-refractivity contribution is 5.94. The molecule has 1 aromatic carbocycles. The summed E-state index contributed by atoms with van der Waals surface area (Å²) in [6, 6.07) is 11.9. The smallest absolute Gasteiger partial charge is 0.251 e. The van der Waals surface area contributed by atoms with E-state index in [0.29, 0.717) is 24.1 Å². The van der Waals surface area contributed by atoms with Crippen LogP contribution >= 0.6 is 0 Å². The molecule has 0 bridgehead atoms. The van der Waals surface area contributed by atoms with Crippen LogP contribution in [0.15, 0.2) is 47.1 Å². The van der Waals surface area contributed by atoms with Crippen LogP contribution in [0.2, 0.25) is 0 Å². The second kappa shape index (κ2) is 8.83. The quantitative estimate of drug-likeness (QED) is 0.811. The molecule has 2 aromatic rings. The van der Waals surface area contributed by atoms with Crippen molar-refractivity contribution in [3.05, 3.63) is 59.5 Å². The molecule has 0 aliphatic carbocycles. The number of benzene rings is 1. The Hall–Kier alpha value is -2.11. The van der Waals surface area contributed by atoms with E-state index in [1.807, 2.05) is 36.4 Å². The summed E-state index contributed by atoms with van der Waals surface area (Å²) >= 11 is 0. The maximum Gasteiger partial charge on any atom is 0.251 e. The fourth-order valence-electron chi connectivity index (χ4n) is 3.17. The van der Waals surface area contributed by atoms with Crippen LogP contribution in [0.4, 0.5) is 0 Å². The minimum atomic E-state index is -0.0873. The van der Waals surface area contributed by atoms with Gasteiger partial charge < -0.3 is 19.8 Å². The zero-order chi connectivity index (χ0) is 17.5. The Bertz CT molecular complexity index is 663. The molecule has 0 unspecified atom stereocenters. The number of amides is 1. The van der Waals surface area contributed by atoms with Gasteiger partial charge >= 0.3 is 0 Å². The molecule has 1 aliphatic heterocycles. The summed E-state index contributed by atoms with van der Waals surface area (Å²) in [7, 11) is 0. The van der Waals surface area contributed by atoms with Crippen LogP contribution in [0.3, 0.4) is 0 Å². The van der Waals surface area contributed by atoms with E-state index in [1.165, 1.54) is 0 Å². The molecule has 0 radical (unpaired) electrons. The first-order valence-electron chi connectivity index (χ1n) is 8.93. The van der Waals surface area contributed by atoms with E-state index in [1.54, 1.807) is 6.26 Å². The van der Waals surface area contributed by atoms with Crippen molar-refractivity contribution in [3.63, 3.8) is 0 Å². The zero-order valence-corrected chi connectivity index (χ0v) is 14.7. The van der Waals surface area contributed by atoms with Gasteiger partial charge in [0.25, 0.3) is 5.91 Å². The van der Waals surface area contributed by atoms with Crippen LogP contribution in [-0.2, 0) is 17.8 Å². The molecular formula is C20H26N2O3. The lowest BCUT2D eigenvalue weighted by atomic mass is 9.93. The van der Waals surface area contributed by atoms with Crippen molar-refractivity contribution in [3.8, 4) is 0 Å². The molecule has 25 heavy (non-hydrogen) atoms. The summed E-state index contributed by atoms with van der Waals surface area (Å²) in [5.74, 6) is 1.32. The average molecular weight is 342 g/mol. The molecule has 0 saturated carbocycles. The van der Waals surface area contributed by atoms with E-state index in [-0.39, 0.29) is 5.91 Å². The lowest BCUT2D eigenvalue weighted by molar-refractivity contribution is 0.0558. The van der Waals surface area contributed by atoms with E-state index in [2.05, 4.69) is 17.6 Å². The largest absolute Gasteiger partial charge is 0.467 e. The van der Waals surface area contributed by atoms with Crippen molar-refractivity contribution in [2.24, 2.45) is 5.92 Å². The lowest BCUT2D eigenvalue weighted by Gasteiger charge is -2.28. The predicted octanol–water partition coefficient (Wildman–Crippen LogP) is 3.11. The monoisotopic (exact) mass is 342 g/mol. The molecule has 134 valence electrons. The van der Waals surface area contributed by atoms with E-state index < -0.39 is 0 Å². The predicted molar refractivity (Wildman–Crippen MR) is 96.2 cm³/mol. The van der Waals surface area contributed by atoms with Gasteiger partial charge in [-0.25, -0.2) is 0 Å². The van der Waals surface area contributed by atoms with Gasteiger partial charge in [0.1, 0.15) is 5.76 Å². The number of hydrogen-bond donors (Lipinski definition) is 2. The van der Waals surface area contributed by atoms with E-state index >= 15 is 0 Å². The molecule has 5 heteroatoms. The van der Waals surface area contributed by atoms with Crippen molar-refractivity contribution in [1.82, 2.24) is 10.6 Å². The number of carbonyl (C=O) groups is 1. The van der Waals surface area contributed by atoms with Crippen LogP contribution in [0.25, 0.3) is 0 Å². The Labute approximate surface area is 148 Å². The standard InChI is InChI=1S/C20H26N2O3/c1-15(17-7-10-24-11-8-17)21-13-16-4-2-5-18(12-16)20(23)22-14-19-6-3-9-25-19/h2-6,9,12,15,17,21H,7-8,10-11,13-14H2,1H3,(H,22,23)/t15-/m1/s1.